The van der Waals surface area contributed by atoms with Crippen LogP contribution in [0.1, 0.15) is 11.1 Å². The minimum atomic E-state index is -4.54. The molecular formula is C15H9F6N. The van der Waals surface area contributed by atoms with Gasteiger partial charge in [0.2, 0.25) is 0 Å². The maximum atomic E-state index is 12.8. The zero-order valence-corrected chi connectivity index (χ0v) is 11.2. The fourth-order valence-electron chi connectivity index (χ4n) is 2.57. The molecule has 2 aromatic carbocycles. The van der Waals surface area contributed by atoms with Gasteiger partial charge in [-0.25, -0.2) is 0 Å². The van der Waals surface area contributed by atoms with Gasteiger partial charge in [-0.05, 0) is 36.4 Å². The van der Waals surface area contributed by atoms with E-state index in [2.05, 4.69) is 0 Å². The lowest BCUT2D eigenvalue weighted by Crippen LogP contribution is -2.04. The van der Waals surface area contributed by atoms with E-state index in [1.54, 1.807) is 11.6 Å². The van der Waals surface area contributed by atoms with Crippen molar-refractivity contribution >= 4 is 21.8 Å². The number of hydrogen-bond donors (Lipinski definition) is 0. The number of aryl methyl sites for hydroxylation is 1. The highest BCUT2D eigenvalue weighted by molar-refractivity contribution is 6.08. The third-order valence-electron chi connectivity index (χ3n) is 3.66. The summed E-state index contributed by atoms with van der Waals surface area (Å²) < 4.78 is 78.4. The monoisotopic (exact) mass is 317 g/mol. The van der Waals surface area contributed by atoms with Crippen LogP contribution in [-0.4, -0.2) is 4.57 Å². The third-order valence-corrected chi connectivity index (χ3v) is 3.66. The van der Waals surface area contributed by atoms with Crippen molar-refractivity contribution < 1.29 is 26.3 Å². The van der Waals surface area contributed by atoms with Crippen molar-refractivity contribution in [3.8, 4) is 0 Å². The molecular weight excluding hydrogens is 308 g/mol. The number of benzene rings is 2. The van der Waals surface area contributed by atoms with Gasteiger partial charge in [-0.1, -0.05) is 0 Å². The van der Waals surface area contributed by atoms with Crippen LogP contribution in [0.15, 0.2) is 36.4 Å². The number of fused-ring (bicyclic) bond motifs is 3. The fourth-order valence-corrected chi connectivity index (χ4v) is 2.57. The highest BCUT2D eigenvalue weighted by Gasteiger charge is 2.32. The minimum absolute atomic E-state index is 0.151. The average Bonchev–Trinajstić information content (AvgIpc) is 2.70. The maximum absolute atomic E-state index is 12.8. The van der Waals surface area contributed by atoms with E-state index >= 15 is 0 Å². The zero-order chi connectivity index (χ0) is 16.3. The Morgan fingerprint density at radius 3 is 1.36 bits per heavy atom. The van der Waals surface area contributed by atoms with Crippen LogP contribution < -0.4 is 0 Å². The Balaban J connectivity index is 2.38. The predicted octanol–water partition coefficient (Wildman–Crippen LogP) is 5.37. The summed E-state index contributed by atoms with van der Waals surface area (Å²) in [7, 11) is 1.60. The van der Waals surface area contributed by atoms with Gasteiger partial charge in [0.05, 0.1) is 11.1 Å². The molecule has 0 amide bonds. The molecule has 0 bridgehead atoms. The summed E-state index contributed by atoms with van der Waals surface area (Å²) in [5.41, 5.74) is -0.875. The van der Waals surface area contributed by atoms with Gasteiger partial charge in [0.1, 0.15) is 0 Å². The van der Waals surface area contributed by atoms with Crippen LogP contribution in [0, 0.1) is 0 Å². The summed E-state index contributed by atoms with van der Waals surface area (Å²) in [4.78, 5) is 0. The van der Waals surface area contributed by atoms with E-state index in [0.29, 0.717) is 11.0 Å². The van der Waals surface area contributed by atoms with Crippen molar-refractivity contribution in [1.29, 1.82) is 0 Å². The molecule has 0 atom stereocenters. The zero-order valence-electron chi connectivity index (χ0n) is 11.2. The molecule has 1 heterocycles. The Kier molecular flexibility index (Phi) is 2.95. The summed E-state index contributed by atoms with van der Waals surface area (Å²) in [5, 5.41) is 0.303. The topological polar surface area (TPSA) is 4.93 Å². The van der Waals surface area contributed by atoms with Crippen LogP contribution in [-0.2, 0) is 19.4 Å². The van der Waals surface area contributed by atoms with Gasteiger partial charge in [-0.2, -0.15) is 26.3 Å². The first-order valence-electron chi connectivity index (χ1n) is 6.25. The van der Waals surface area contributed by atoms with Crippen LogP contribution in [0.2, 0.25) is 0 Å². The predicted molar refractivity (Wildman–Crippen MR) is 70.4 cm³/mol. The molecule has 116 valence electrons. The van der Waals surface area contributed by atoms with Gasteiger partial charge in [0.15, 0.2) is 0 Å². The SMILES string of the molecule is Cn1c2ccc(C(F)(F)F)cc2c2cc(C(F)(F)F)ccc21. The molecule has 0 radical (unpaired) electrons. The van der Waals surface area contributed by atoms with E-state index in [0.717, 1.165) is 24.3 Å². The van der Waals surface area contributed by atoms with Gasteiger partial charge in [-0.3, -0.25) is 0 Å². The molecule has 0 aliphatic rings. The van der Waals surface area contributed by atoms with Crippen LogP contribution in [0.5, 0.6) is 0 Å². The van der Waals surface area contributed by atoms with Gasteiger partial charge in [-0.15, -0.1) is 0 Å². The van der Waals surface area contributed by atoms with Crippen LogP contribution >= 0.6 is 0 Å². The Morgan fingerprint density at radius 2 is 1.05 bits per heavy atom. The summed E-state index contributed by atoms with van der Waals surface area (Å²) >= 11 is 0. The lowest BCUT2D eigenvalue weighted by molar-refractivity contribution is -0.138. The molecule has 0 spiro atoms. The largest absolute Gasteiger partial charge is 0.416 e. The molecule has 7 heteroatoms. The highest BCUT2D eigenvalue weighted by atomic mass is 19.4. The van der Waals surface area contributed by atoms with Crippen molar-refractivity contribution in [3.63, 3.8) is 0 Å². The smallest absolute Gasteiger partial charge is 0.344 e. The molecule has 1 aromatic heterocycles. The van der Waals surface area contributed by atoms with Gasteiger partial charge < -0.3 is 4.57 Å². The highest BCUT2D eigenvalue weighted by Crippen LogP contribution is 2.37. The lowest BCUT2D eigenvalue weighted by atomic mass is 10.1. The number of nitrogens with zero attached hydrogens (tertiary/aromatic N) is 1. The van der Waals surface area contributed by atoms with Crippen molar-refractivity contribution in [3.05, 3.63) is 47.5 Å². The van der Waals surface area contributed by atoms with Crippen molar-refractivity contribution in [1.82, 2.24) is 4.57 Å². The van der Waals surface area contributed by atoms with Crippen LogP contribution in [0.3, 0.4) is 0 Å². The summed E-state index contributed by atoms with van der Waals surface area (Å²) in [6.45, 7) is 0. The van der Waals surface area contributed by atoms with Gasteiger partial charge in [0.25, 0.3) is 0 Å². The van der Waals surface area contributed by atoms with Crippen LogP contribution in [0.25, 0.3) is 21.8 Å². The second-order valence-electron chi connectivity index (χ2n) is 5.02. The van der Waals surface area contributed by atoms with E-state index in [9.17, 15) is 26.3 Å². The summed E-state index contributed by atoms with van der Waals surface area (Å²) in [5.74, 6) is 0. The maximum Gasteiger partial charge on any atom is 0.416 e. The molecule has 22 heavy (non-hydrogen) atoms. The first-order valence-corrected chi connectivity index (χ1v) is 6.25. The Morgan fingerprint density at radius 1 is 0.682 bits per heavy atom. The van der Waals surface area contributed by atoms with Crippen molar-refractivity contribution in [2.45, 2.75) is 12.4 Å². The van der Waals surface area contributed by atoms with Gasteiger partial charge >= 0.3 is 12.4 Å². The number of alkyl halides is 6. The molecule has 3 rings (SSSR count). The van der Waals surface area contributed by atoms with Crippen molar-refractivity contribution in [2.24, 2.45) is 7.05 Å². The molecule has 3 aromatic rings. The first-order chi connectivity index (χ1) is 10.1. The standard InChI is InChI=1S/C15H9F6N/c1-22-12-4-2-8(14(16,17)18)6-10(12)11-7-9(15(19,20)21)3-5-13(11)22/h2-7H,1H3. The number of rotatable bonds is 0. The Hall–Kier alpha value is -2.18. The van der Waals surface area contributed by atoms with E-state index in [-0.39, 0.29) is 10.8 Å². The number of hydrogen-bond acceptors (Lipinski definition) is 0. The van der Waals surface area contributed by atoms with E-state index in [1.807, 2.05) is 0 Å². The van der Waals surface area contributed by atoms with Crippen molar-refractivity contribution in [2.75, 3.05) is 0 Å². The molecule has 0 fully saturated rings. The lowest BCUT2D eigenvalue weighted by Gasteiger charge is -2.07. The molecule has 0 aliphatic carbocycles. The normalized spacial score (nSPS) is 13.2. The molecule has 0 saturated heterocycles. The van der Waals surface area contributed by atoms with Crippen LogP contribution in [0.4, 0.5) is 26.3 Å². The first kappa shape index (κ1) is 14.7. The summed E-state index contributed by atoms with van der Waals surface area (Å²) in [6, 6.07) is 6.16. The average molecular weight is 317 g/mol. The second kappa shape index (κ2) is 4.41. The minimum Gasteiger partial charge on any atom is -0.344 e. The quantitative estimate of drug-likeness (QED) is 0.491. The van der Waals surface area contributed by atoms with E-state index in [4.69, 9.17) is 0 Å². The second-order valence-corrected chi connectivity index (χ2v) is 5.02. The van der Waals surface area contributed by atoms with E-state index in [1.165, 1.54) is 12.1 Å². The molecule has 0 N–H and O–H groups in total. The fraction of sp³-hybridized carbons (Fsp3) is 0.200. The molecule has 0 saturated carbocycles. The number of aromatic nitrogens is 1. The molecule has 0 unspecified atom stereocenters. The van der Waals surface area contributed by atoms with E-state index < -0.39 is 23.5 Å². The molecule has 0 aliphatic heterocycles. The summed E-state index contributed by atoms with van der Waals surface area (Å²) in [6.07, 6.45) is -9.09. The van der Waals surface area contributed by atoms with Gasteiger partial charge in [0, 0.05) is 28.9 Å². The Labute approximate surface area is 120 Å². The molecule has 1 nitrogen and oxygen atoms in total. The third kappa shape index (κ3) is 2.20. The number of halogens is 6. The Bertz CT molecular complexity index is 798.